The van der Waals surface area contributed by atoms with Crippen LogP contribution in [0.2, 0.25) is 0 Å². The monoisotopic (exact) mass is 529 g/mol. The van der Waals surface area contributed by atoms with E-state index < -0.39 is 0 Å². The van der Waals surface area contributed by atoms with Gasteiger partial charge in [0.2, 0.25) is 0 Å². The number of ether oxygens (including phenoxy) is 2. The lowest BCUT2D eigenvalue weighted by Crippen LogP contribution is -2.20. The Balaban J connectivity index is 1.55. The molecule has 0 saturated carbocycles. The fourth-order valence-corrected chi connectivity index (χ4v) is 4.49. The van der Waals surface area contributed by atoms with Gasteiger partial charge in [-0.25, -0.2) is 5.43 Å². The minimum Gasteiger partial charge on any atom is -0.497 e. The third-order valence-electron chi connectivity index (χ3n) is 5.84. The molecule has 0 radical (unpaired) electrons. The molecule has 0 bridgehead atoms. The predicted molar refractivity (Wildman–Crippen MR) is 152 cm³/mol. The summed E-state index contributed by atoms with van der Waals surface area (Å²) in [6, 6.07) is 23.4. The summed E-state index contributed by atoms with van der Waals surface area (Å²) in [6.07, 6.45) is 1.56. The van der Waals surface area contributed by atoms with Crippen LogP contribution in [-0.4, -0.2) is 46.9 Å². The molecule has 0 unspecified atom stereocenters. The molecule has 196 valence electrons. The highest BCUT2D eigenvalue weighted by Gasteiger charge is 2.19. The summed E-state index contributed by atoms with van der Waals surface area (Å²) in [6.45, 7) is 6.55. The number of hydrogen-bond acceptors (Lipinski definition) is 7. The number of para-hydroxylation sites is 1. The normalized spacial score (nSPS) is 11.5. The first kappa shape index (κ1) is 26.9. The van der Waals surface area contributed by atoms with Crippen molar-refractivity contribution >= 4 is 23.9 Å². The van der Waals surface area contributed by atoms with E-state index in [-0.39, 0.29) is 17.1 Å². The van der Waals surface area contributed by atoms with Gasteiger partial charge in [0.25, 0.3) is 5.91 Å². The molecule has 3 aromatic carbocycles. The predicted octanol–water partition coefficient (Wildman–Crippen LogP) is 5.49. The first-order valence-electron chi connectivity index (χ1n) is 12.1. The SMILES string of the molecule is COc1ccc(-n2c(SCC(=O)N/N=C/c3ccccc3OC)nnc2-c2ccc(C(C)(C)C)cc2)cc1. The van der Waals surface area contributed by atoms with Crippen molar-refractivity contribution in [2.24, 2.45) is 5.10 Å². The molecule has 8 nitrogen and oxygen atoms in total. The third kappa shape index (κ3) is 6.41. The number of nitrogens with zero attached hydrogens (tertiary/aromatic N) is 4. The molecule has 1 amide bonds. The van der Waals surface area contributed by atoms with E-state index in [1.165, 1.54) is 17.3 Å². The number of methoxy groups -OCH3 is 2. The number of carbonyl (C=O) groups excluding carboxylic acids is 1. The Morgan fingerprint density at radius 2 is 1.68 bits per heavy atom. The number of benzene rings is 3. The van der Waals surface area contributed by atoms with Gasteiger partial charge in [0.15, 0.2) is 11.0 Å². The molecule has 0 spiro atoms. The Morgan fingerprint density at radius 3 is 2.34 bits per heavy atom. The summed E-state index contributed by atoms with van der Waals surface area (Å²) in [7, 11) is 3.22. The number of aromatic nitrogens is 3. The van der Waals surface area contributed by atoms with Gasteiger partial charge in [-0.1, -0.05) is 68.9 Å². The molecular formula is C29H31N5O3S. The number of thioether (sulfide) groups is 1. The van der Waals surface area contributed by atoms with Crippen LogP contribution in [-0.2, 0) is 10.2 Å². The molecule has 0 aliphatic heterocycles. The van der Waals surface area contributed by atoms with Crippen LogP contribution >= 0.6 is 11.8 Å². The molecule has 0 fully saturated rings. The Bertz CT molecular complexity index is 1410. The number of nitrogens with one attached hydrogen (secondary N) is 1. The van der Waals surface area contributed by atoms with Crippen LogP contribution in [0.25, 0.3) is 17.1 Å². The van der Waals surface area contributed by atoms with Crippen molar-refractivity contribution in [3.63, 3.8) is 0 Å². The van der Waals surface area contributed by atoms with Crippen LogP contribution in [0.4, 0.5) is 0 Å². The van der Waals surface area contributed by atoms with Gasteiger partial charge >= 0.3 is 0 Å². The Kier molecular flexibility index (Phi) is 8.48. The first-order chi connectivity index (χ1) is 18.3. The lowest BCUT2D eigenvalue weighted by Gasteiger charge is -2.19. The molecule has 1 heterocycles. The van der Waals surface area contributed by atoms with E-state index in [2.05, 4.69) is 65.8 Å². The summed E-state index contributed by atoms with van der Waals surface area (Å²) in [5.41, 5.74) is 6.41. The van der Waals surface area contributed by atoms with Crippen molar-refractivity contribution < 1.29 is 14.3 Å². The second kappa shape index (κ2) is 12.0. The molecule has 0 saturated heterocycles. The van der Waals surface area contributed by atoms with Crippen LogP contribution in [0.5, 0.6) is 11.5 Å². The highest BCUT2D eigenvalue weighted by atomic mass is 32.2. The fourth-order valence-electron chi connectivity index (χ4n) is 3.74. The van der Waals surface area contributed by atoms with Crippen molar-refractivity contribution in [2.75, 3.05) is 20.0 Å². The second-order valence-electron chi connectivity index (χ2n) is 9.49. The molecule has 1 N–H and O–H groups in total. The molecular weight excluding hydrogens is 498 g/mol. The lowest BCUT2D eigenvalue weighted by atomic mass is 9.87. The van der Waals surface area contributed by atoms with Gasteiger partial charge in [-0.15, -0.1) is 10.2 Å². The Morgan fingerprint density at radius 1 is 0.974 bits per heavy atom. The number of rotatable bonds is 9. The van der Waals surface area contributed by atoms with Gasteiger partial charge in [-0.3, -0.25) is 9.36 Å². The van der Waals surface area contributed by atoms with Gasteiger partial charge in [0.05, 0.1) is 26.2 Å². The van der Waals surface area contributed by atoms with Gasteiger partial charge < -0.3 is 9.47 Å². The molecule has 1 aromatic heterocycles. The maximum atomic E-state index is 12.5. The summed E-state index contributed by atoms with van der Waals surface area (Å²) < 4.78 is 12.6. The highest BCUT2D eigenvalue weighted by Crippen LogP contribution is 2.30. The second-order valence-corrected chi connectivity index (χ2v) is 10.4. The molecule has 4 aromatic rings. The van der Waals surface area contributed by atoms with Gasteiger partial charge in [0, 0.05) is 16.8 Å². The Labute approximate surface area is 227 Å². The van der Waals surface area contributed by atoms with Crippen LogP contribution in [0.3, 0.4) is 0 Å². The smallest absolute Gasteiger partial charge is 0.250 e. The molecule has 0 aliphatic carbocycles. The van der Waals surface area contributed by atoms with Gasteiger partial charge in [-0.05, 0) is 47.4 Å². The average molecular weight is 530 g/mol. The van der Waals surface area contributed by atoms with Gasteiger partial charge in [-0.2, -0.15) is 5.10 Å². The minimum absolute atomic E-state index is 0.0463. The van der Waals surface area contributed by atoms with Crippen molar-refractivity contribution in [3.05, 3.63) is 83.9 Å². The van der Waals surface area contributed by atoms with Gasteiger partial charge in [0.1, 0.15) is 11.5 Å². The van der Waals surface area contributed by atoms with Crippen LogP contribution < -0.4 is 14.9 Å². The van der Waals surface area contributed by atoms with E-state index in [4.69, 9.17) is 9.47 Å². The molecule has 38 heavy (non-hydrogen) atoms. The summed E-state index contributed by atoms with van der Waals surface area (Å²) in [5, 5.41) is 13.6. The maximum Gasteiger partial charge on any atom is 0.250 e. The van der Waals surface area contributed by atoms with Crippen molar-refractivity contribution in [1.29, 1.82) is 0 Å². The third-order valence-corrected chi connectivity index (χ3v) is 6.77. The van der Waals surface area contributed by atoms with E-state index in [9.17, 15) is 4.79 Å². The number of hydrogen-bond donors (Lipinski definition) is 1. The number of hydrazone groups is 1. The van der Waals surface area contributed by atoms with Crippen LogP contribution in [0, 0.1) is 0 Å². The largest absolute Gasteiger partial charge is 0.497 e. The van der Waals surface area contributed by atoms with E-state index in [0.29, 0.717) is 16.7 Å². The molecule has 9 heteroatoms. The number of carbonyl (C=O) groups is 1. The fraction of sp³-hybridized carbons (Fsp3) is 0.241. The zero-order chi connectivity index (χ0) is 27.1. The standard InChI is InChI=1S/C29H31N5O3S/c1-29(2,3)22-12-10-20(11-13-22)27-32-33-28(34(27)23-14-16-24(36-4)17-15-23)38-19-26(35)31-30-18-21-8-6-7-9-25(21)37-5/h6-18H,19H2,1-5H3,(H,31,35)/b30-18+. The number of amides is 1. The molecule has 4 rings (SSSR count). The van der Waals surface area contributed by atoms with E-state index >= 15 is 0 Å². The van der Waals surface area contributed by atoms with Crippen LogP contribution in [0.1, 0.15) is 31.9 Å². The average Bonchev–Trinajstić information content (AvgIpc) is 3.35. The Hall–Kier alpha value is -4.11. The first-order valence-corrected chi connectivity index (χ1v) is 13.1. The highest BCUT2D eigenvalue weighted by molar-refractivity contribution is 7.99. The zero-order valence-corrected chi connectivity index (χ0v) is 23.0. The van der Waals surface area contributed by atoms with Crippen molar-refractivity contribution in [1.82, 2.24) is 20.2 Å². The van der Waals surface area contributed by atoms with Crippen molar-refractivity contribution in [2.45, 2.75) is 31.3 Å². The maximum absolute atomic E-state index is 12.5. The molecule has 0 aliphatic rings. The summed E-state index contributed by atoms with van der Waals surface area (Å²) in [4.78, 5) is 12.5. The molecule has 0 atom stereocenters. The van der Waals surface area contributed by atoms with E-state index in [0.717, 1.165) is 22.6 Å². The lowest BCUT2D eigenvalue weighted by molar-refractivity contribution is -0.118. The van der Waals surface area contributed by atoms with E-state index in [1.54, 1.807) is 20.4 Å². The zero-order valence-electron chi connectivity index (χ0n) is 22.1. The van der Waals surface area contributed by atoms with E-state index in [1.807, 2.05) is 53.1 Å². The quantitative estimate of drug-likeness (QED) is 0.175. The van der Waals surface area contributed by atoms with Crippen LogP contribution in [0.15, 0.2) is 83.1 Å². The minimum atomic E-state index is -0.262. The topological polar surface area (TPSA) is 90.6 Å². The van der Waals surface area contributed by atoms with Crippen molar-refractivity contribution in [3.8, 4) is 28.6 Å². The summed E-state index contributed by atoms with van der Waals surface area (Å²) in [5.74, 6) is 1.96. The summed E-state index contributed by atoms with van der Waals surface area (Å²) >= 11 is 1.28.